The average Bonchev–Trinajstić information content (AvgIpc) is 2.69. The molecule has 0 fully saturated rings. The maximum atomic E-state index is 11.9. The Balaban J connectivity index is 2.41. The van der Waals surface area contributed by atoms with Crippen LogP contribution in [0, 0.1) is 0 Å². The van der Waals surface area contributed by atoms with Crippen molar-refractivity contribution >= 4 is 17.5 Å². The van der Waals surface area contributed by atoms with Crippen molar-refractivity contribution in [2.75, 3.05) is 18.9 Å². The molecule has 0 saturated heterocycles. The lowest BCUT2D eigenvalue weighted by Gasteiger charge is -2.07. The zero-order chi connectivity index (χ0) is 13.5. The lowest BCUT2D eigenvalue weighted by Crippen LogP contribution is -2.27. The summed E-state index contributed by atoms with van der Waals surface area (Å²) in [7, 11) is 3.50. The monoisotopic (exact) mass is 252 g/mol. The van der Waals surface area contributed by atoms with E-state index in [9.17, 15) is 9.59 Å². The number of anilines is 1. The Morgan fingerprint density at radius 2 is 2.11 bits per heavy atom. The van der Waals surface area contributed by atoms with Gasteiger partial charge < -0.3 is 20.0 Å². The second kappa shape index (κ2) is 6.78. The van der Waals surface area contributed by atoms with E-state index in [0.717, 1.165) is 12.8 Å². The van der Waals surface area contributed by atoms with Crippen LogP contribution in [0.4, 0.5) is 5.82 Å². The quantitative estimate of drug-likeness (QED) is 0.708. The van der Waals surface area contributed by atoms with Crippen LogP contribution in [-0.4, -0.2) is 34.8 Å². The largest absolute Gasteiger partial charge is 0.371 e. The summed E-state index contributed by atoms with van der Waals surface area (Å²) in [5.74, 6) is 0.603. The van der Waals surface area contributed by atoms with Gasteiger partial charge in [-0.2, -0.15) is 0 Å². The molecule has 1 amide bonds. The first-order valence-corrected chi connectivity index (χ1v) is 6.03. The van der Waals surface area contributed by atoms with Gasteiger partial charge in [0.2, 0.25) is 0 Å². The van der Waals surface area contributed by atoms with E-state index in [1.807, 2.05) is 0 Å². The number of hydrogen-bond acceptors (Lipinski definition) is 4. The predicted molar refractivity (Wildman–Crippen MR) is 69.6 cm³/mol. The molecule has 1 heterocycles. The van der Waals surface area contributed by atoms with Crippen LogP contribution in [0.25, 0.3) is 0 Å². The normalized spacial score (nSPS) is 10.2. The second-order valence-corrected chi connectivity index (χ2v) is 4.22. The van der Waals surface area contributed by atoms with Crippen LogP contribution >= 0.6 is 0 Å². The maximum Gasteiger partial charge on any atom is 0.271 e. The molecule has 0 bridgehead atoms. The molecule has 0 saturated carbocycles. The first-order chi connectivity index (χ1) is 8.56. The van der Waals surface area contributed by atoms with Gasteiger partial charge in [-0.3, -0.25) is 4.79 Å². The van der Waals surface area contributed by atoms with Gasteiger partial charge in [-0.15, -0.1) is 0 Å². The predicted octanol–water partition coefficient (Wildman–Crippen LogP) is 0.951. The third-order valence-electron chi connectivity index (χ3n) is 2.63. The van der Waals surface area contributed by atoms with Crippen molar-refractivity contribution in [2.45, 2.75) is 26.2 Å². The summed E-state index contributed by atoms with van der Waals surface area (Å²) in [5, 5.41) is 5.70. The average molecular weight is 252 g/mol. The first kappa shape index (κ1) is 14.2. The molecule has 6 nitrogen and oxygen atoms in total. The van der Waals surface area contributed by atoms with Gasteiger partial charge in [0.1, 0.15) is 5.78 Å². The molecule has 0 radical (unpaired) electrons. The van der Waals surface area contributed by atoms with Crippen LogP contribution in [0.15, 0.2) is 6.33 Å². The summed E-state index contributed by atoms with van der Waals surface area (Å²) in [4.78, 5) is 26.7. The molecule has 1 aromatic heterocycles. The highest BCUT2D eigenvalue weighted by molar-refractivity contribution is 5.97. The van der Waals surface area contributed by atoms with Crippen LogP contribution < -0.4 is 10.6 Å². The van der Waals surface area contributed by atoms with Gasteiger partial charge in [0.25, 0.3) is 5.91 Å². The number of rotatable bonds is 7. The van der Waals surface area contributed by atoms with Crippen LogP contribution in [0.5, 0.6) is 0 Å². The fraction of sp³-hybridized carbons (Fsp3) is 0.583. The van der Waals surface area contributed by atoms with Gasteiger partial charge in [-0.25, -0.2) is 4.98 Å². The van der Waals surface area contributed by atoms with E-state index in [1.54, 1.807) is 31.9 Å². The maximum absolute atomic E-state index is 11.9. The smallest absolute Gasteiger partial charge is 0.271 e. The third kappa shape index (κ3) is 3.87. The summed E-state index contributed by atoms with van der Waals surface area (Å²) >= 11 is 0. The molecule has 0 aliphatic rings. The minimum Gasteiger partial charge on any atom is -0.371 e. The Morgan fingerprint density at radius 1 is 1.39 bits per heavy atom. The van der Waals surface area contributed by atoms with E-state index < -0.39 is 0 Å². The summed E-state index contributed by atoms with van der Waals surface area (Å²) < 4.78 is 1.68. The number of ketones is 1. The molecule has 1 aromatic rings. The minimum atomic E-state index is -0.151. The van der Waals surface area contributed by atoms with Gasteiger partial charge >= 0.3 is 0 Å². The van der Waals surface area contributed by atoms with E-state index in [2.05, 4.69) is 15.6 Å². The number of aromatic nitrogens is 2. The van der Waals surface area contributed by atoms with Crippen LogP contribution in [0.2, 0.25) is 0 Å². The molecule has 18 heavy (non-hydrogen) atoms. The standard InChI is InChI=1S/C12H20N4O2/c1-9(17)6-4-5-7-14-12(18)10-11(13-2)15-8-16(10)3/h8,13H,4-7H2,1-3H3,(H,14,18). The molecule has 0 aliphatic heterocycles. The van der Waals surface area contributed by atoms with E-state index >= 15 is 0 Å². The number of hydrogen-bond donors (Lipinski definition) is 2. The number of nitrogens with one attached hydrogen (secondary N) is 2. The van der Waals surface area contributed by atoms with Gasteiger partial charge in [0.05, 0.1) is 6.33 Å². The first-order valence-electron chi connectivity index (χ1n) is 6.03. The van der Waals surface area contributed by atoms with Gasteiger partial charge in [0, 0.05) is 27.1 Å². The van der Waals surface area contributed by atoms with E-state index in [0.29, 0.717) is 24.5 Å². The van der Waals surface area contributed by atoms with Crippen molar-refractivity contribution in [1.29, 1.82) is 0 Å². The molecule has 0 atom stereocenters. The van der Waals surface area contributed by atoms with Crippen molar-refractivity contribution in [3.8, 4) is 0 Å². The summed E-state index contributed by atoms with van der Waals surface area (Å²) in [5.41, 5.74) is 0.518. The van der Waals surface area contributed by atoms with Crippen LogP contribution in [0.1, 0.15) is 36.7 Å². The molecular formula is C12H20N4O2. The Kier molecular flexibility index (Phi) is 5.35. The number of Topliss-reactive ketones (excluding diaryl/α,β-unsaturated/α-hetero) is 1. The molecule has 1 rings (SSSR count). The van der Waals surface area contributed by atoms with E-state index in [1.165, 1.54) is 0 Å². The van der Waals surface area contributed by atoms with Gasteiger partial charge in [-0.1, -0.05) is 0 Å². The number of carbonyl (C=O) groups excluding carboxylic acids is 2. The second-order valence-electron chi connectivity index (χ2n) is 4.22. The Hall–Kier alpha value is -1.85. The number of nitrogens with zero attached hydrogens (tertiary/aromatic N) is 2. The lowest BCUT2D eigenvalue weighted by atomic mass is 10.2. The summed E-state index contributed by atoms with van der Waals surface area (Å²) in [6.45, 7) is 2.15. The fourth-order valence-corrected chi connectivity index (χ4v) is 1.67. The highest BCUT2D eigenvalue weighted by Gasteiger charge is 2.15. The summed E-state index contributed by atoms with van der Waals surface area (Å²) in [6, 6.07) is 0. The number of carbonyl (C=O) groups is 2. The van der Waals surface area contributed by atoms with Gasteiger partial charge in [-0.05, 0) is 19.8 Å². The zero-order valence-corrected chi connectivity index (χ0v) is 11.1. The molecule has 0 unspecified atom stereocenters. The molecule has 0 spiro atoms. The van der Waals surface area contributed by atoms with Crippen molar-refractivity contribution in [1.82, 2.24) is 14.9 Å². The van der Waals surface area contributed by atoms with Crippen molar-refractivity contribution in [3.63, 3.8) is 0 Å². The van der Waals surface area contributed by atoms with Gasteiger partial charge in [0.15, 0.2) is 11.5 Å². The SMILES string of the molecule is CNc1ncn(C)c1C(=O)NCCCCC(C)=O. The number of aryl methyl sites for hydroxylation is 1. The molecule has 2 N–H and O–H groups in total. The third-order valence-corrected chi connectivity index (χ3v) is 2.63. The van der Waals surface area contributed by atoms with Crippen molar-refractivity contribution in [2.24, 2.45) is 7.05 Å². The van der Waals surface area contributed by atoms with Crippen molar-refractivity contribution in [3.05, 3.63) is 12.0 Å². The highest BCUT2D eigenvalue weighted by Crippen LogP contribution is 2.10. The summed E-state index contributed by atoms with van der Waals surface area (Å²) in [6.07, 6.45) is 3.78. The minimum absolute atomic E-state index is 0.151. The van der Waals surface area contributed by atoms with E-state index in [-0.39, 0.29) is 11.7 Å². The molecule has 100 valence electrons. The Labute approximate surface area is 107 Å². The van der Waals surface area contributed by atoms with Crippen LogP contribution in [-0.2, 0) is 11.8 Å². The molecule has 0 aromatic carbocycles. The van der Waals surface area contributed by atoms with Crippen molar-refractivity contribution < 1.29 is 9.59 Å². The molecule has 0 aliphatic carbocycles. The lowest BCUT2D eigenvalue weighted by molar-refractivity contribution is -0.117. The fourth-order valence-electron chi connectivity index (χ4n) is 1.67. The zero-order valence-electron chi connectivity index (χ0n) is 11.1. The van der Waals surface area contributed by atoms with E-state index in [4.69, 9.17) is 0 Å². The van der Waals surface area contributed by atoms with Crippen LogP contribution in [0.3, 0.4) is 0 Å². The molecule has 6 heteroatoms. The number of amides is 1. The highest BCUT2D eigenvalue weighted by atomic mass is 16.2. The molecular weight excluding hydrogens is 232 g/mol. The number of unbranched alkanes of at least 4 members (excludes halogenated alkanes) is 1. The Bertz CT molecular complexity index is 426. The number of imidazole rings is 1. The topological polar surface area (TPSA) is 76.0 Å². The Morgan fingerprint density at radius 3 is 2.72 bits per heavy atom.